The zero-order chi connectivity index (χ0) is 24.6. The fraction of sp³-hybridized carbons (Fsp3) is 0.227. The van der Waals surface area contributed by atoms with Crippen LogP contribution < -0.4 is 5.32 Å². The van der Waals surface area contributed by atoms with E-state index in [0.717, 1.165) is 24.5 Å². The van der Waals surface area contributed by atoms with Gasteiger partial charge in [0.1, 0.15) is 10.7 Å². The lowest BCUT2D eigenvalue weighted by Crippen LogP contribution is -2.13. The van der Waals surface area contributed by atoms with Crippen molar-refractivity contribution < 1.29 is 35.9 Å². The van der Waals surface area contributed by atoms with Gasteiger partial charge in [0.05, 0.1) is 23.4 Å². The van der Waals surface area contributed by atoms with Gasteiger partial charge in [-0.15, -0.1) is 0 Å². The van der Waals surface area contributed by atoms with Crippen LogP contribution >= 0.6 is 0 Å². The maximum atomic E-state index is 14.2. The summed E-state index contributed by atoms with van der Waals surface area (Å²) in [5.74, 6) is -1.79. The summed E-state index contributed by atoms with van der Waals surface area (Å²) >= 11 is 0. The Morgan fingerprint density at radius 1 is 1.15 bits per heavy atom. The van der Waals surface area contributed by atoms with E-state index < -0.39 is 38.2 Å². The fourth-order valence-corrected chi connectivity index (χ4v) is 4.27. The van der Waals surface area contributed by atoms with Gasteiger partial charge in [-0.2, -0.15) is 13.2 Å². The topological polar surface area (TPSA) is 88.4 Å². The Balaban J connectivity index is 2.05. The maximum absolute atomic E-state index is 14.2. The summed E-state index contributed by atoms with van der Waals surface area (Å²) in [6.07, 6.45) is -2.49. The van der Waals surface area contributed by atoms with Crippen LogP contribution in [0.2, 0.25) is 0 Å². The van der Waals surface area contributed by atoms with Crippen molar-refractivity contribution in [3.05, 3.63) is 71.2 Å². The Morgan fingerprint density at radius 3 is 2.39 bits per heavy atom. The number of aromatic nitrogens is 1. The first-order valence-corrected chi connectivity index (χ1v) is 11.5. The van der Waals surface area contributed by atoms with E-state index >= 15 is 0 Å². The number of sulfone groups is 1. The summed E-state index contributed by atoms with van der Waals surface area (Å²) in [5, 5.41) is 11.8. The summed E-state index contributed by atoms with van der Waals surface area (Å²) < 4.78 is 79.3. The van der Waals surface area contributed by atoms with Crippen LogP contribution in [0.25, 0.3) is 11.3 Å². The number of nitrogens with one attached hydrogen (secondary N) is 1. The third-order valence-electron chi connectivity index (χ3n) is 4.99. The van der Waals surface area contributed by atoms with Crippen LogP contribution in [0.3, 0.4) is 0 Å². The molecule has 6 nitrogen and oxygen atoms in total. The second-order valence-electron chi connectivity index (χ2n) is 7.35. The largest absolute Gasteiger partial charge is 0.417 e. The first-order chi connectivity index (χ1) is 15.3. The fourth-order valence-electron chi connectivity index (χ4n) is 3.54. The highest BCUT2D eigenvalue weighted by molar-refractivity contribution is 7.90. The molecule has 0 radical (unpaired) electrons. The minimum Gasteiger partial charge on any atom is -0.395 e. The number of rotatable bonds is 6. The molecule has 1 heterocycles. The van der Waals surface area contributed by atoms with Gasteiger partial charge < -0.3 is 15.0 Å². The van der Waals surface area contributed by atoms with Crippen LogP contribution in [0, 0.1) is 12.7 Å². The van der Waals surface area contributed by atoms with Crippen LogP contribution in [0.1, 0.15) is 21.5 Å². The number of amides is 1. The van der Waals surface area contributed by atoms with Crippen LogP contribution in [0.5, 0.6) is 0 Å². The molecule has 0 aliphatic carbocycles. The van der Waals surface area contributed by atoms with Gasteiger partial charge >= 0.3 is 6.18 Å². The lowest BCUT2D eigenvalue weighted by molar-refractivity contribution is -0.137. The highest BCUT2D eigenvalue weighted by atomic mass is 32.2. The Morgan fingerprint density at radius 2 is 1.82 bits per heavy atom. The van der Waals surface area contributed by atoms with Crippen molar-refractivity contribution in [2.24, 2.45) is 0 Å². The molecule has 1 aromatic heterocycles. The number of halogens is 4. The van der Waals surface area contributed by atoms with E-state index in [9.17, 15) is 35.9 Å². The Hall–Kier alpha value is -3.18. The predicted octanol–water partition coefficient (Wildman–Crippen LogP) is 4.27. The molecule has 2 N–H and O–H groups in total. The number of alkyl halides is 3. The third-order valence-corrected chi connectivity index (χ3v) is 6.12. The lowest BCUT2D eigenvalue weighted by atomic mass is 10.00. The van der Waals surface area contributed by atoms with E-state index in [1.807, 2.05) is 0 Å². The van der Waals surface area contributed by atoms with Gasteiger partial charge in [-0.25, -0.2) is 12.8 Å². The van der Waals surface area contributed by atoms with E-state index in [-0.39, 0.29) is 41.2 Å². The van der Waals surface area contributed by atoms with Gasteiger partial charge in [-0.1, -0.05) is 18.2 Å². The monoisotopic (exact) mass is 484 g/mol. The number of nitrogens with zero attached hydrogens (tertiary/aromatic N) is 1. The van der Waals surface area contributed by atoms with Gasteiger partial charge in [0.2, 0.25) is 0 Å². The SMILES string of the molecule is Cc1c(C(=O)Nc2ccc(S(C)(=O)=O)c(F)c2)cn(CCO)c1-c1ccccc1C(F)(F)F. The molecule has 0 aliphatic rings. The number of aliphatic hydroxyl groups is 1. The van der Waals surface area contributed by atoms with Gasteiger partial charge in [-0.05, 0) is 36.8 Å². The van der Waals surface area contributed by atoms with Gasteiger partial charge in [0.25, 0.3) is 5.91 Å². The van der Waals surface area contributed by atoms with E-state index in [2.05, 4.69) is 5.32 Å². The number of benzene rings is 2. The molecule has 0 unspecified atom stereocenters. The first kappa shape index (κ1) is 24.5. The minimum absolute atomic E-state index is 0.0167. The zero-order valence-electron chi connectivity index (χ0n) is 17.6. The summed E-state index contributed by atoms with van der Waals surface area (Å²) in [5.41, 5.74) is -0.722. The average molecular weight is 484 g/mol. The van der Waals surface area contributed by atoms with Gasteiger partial charge in [0, 0.05) is 30.2 Å². The highest BCUT2D eigenvalue weighted by Gasteiger charge is 2.35. The Kier molecular flexibility index (Phi) is 6.66. The van der Waals surface area contributed by atoms with Crippen LogP contribution in [-0.4, -0.2) is 36.9 Å². The van der Waals surface area contributed by atoms with E-state index in [0.29, 0.717) is 0 Å². The molecule has 0 saturated carbocycles. The number of aliphatic hydroxyl groups excluding tert-OH is 1. The lowest BCUT2D eigenvalue weighted by Gasteiger charge is -2.15. The standard InChI is InChI=1S/C22H20F4N2O4S/c1-13-16(21(30)27-14-7-8-19(18(23)11-14)33(2,31)32)12-28(9-10-29)20(13)15-5-3-4-6-17(15)22(24,25)26/h3-8,11-12,29H,9-10H2,1-2H3,(H,27,30). The number of hydrogen-bond donors (Lipinski definition) is 2. The molecule has 0 bridgehead atoms. The summed E-state index contributed by atoms with van der Waals surface area (Å²) in [6.45, 7) is 1.03. The van der Waals surface area contributed by atoms with Crippen molar-refractivity contribution in [3.63, 3.8) is 0 Å². The smallest absolute Gasteiger partial charge is 0.395 e. The molecular formula is C22H20F4N2O4S. The van der Waals surface area contributed by atoms with Crippen molar-refractivity contribution in [2.75, 3.05) is 18.2 Å². The zero-order valence-corrected chi connectivity index (χ0v) is 18.4. The van der Waals surface area contributed by atoms with Crippen LogP contribution in [0.4, 0.5) is 23.2 Å². The predicted molar refractivity (Wildman–Crippen MR) is 114 cm³/mol. The van der Waals surface area contributed by atoms with E-state index in [1.54, 1.807) is 0 Å². The number of carbonyl (C=O) groups excluding carboxylic acids is 1. The molecule has 3 aromatic rings. The third kappa shape index (κ3) is 5.09. The van der Waals surface area contributed by atoms with Crippen molar-refractivity contribution in [3.8, 4) is 11.3 Å². The number of anilines is 1. The van der Waals surface area contributed by atoms with Crippen molar-refractivity contribution >= 4 is 21.4 Å². The normalized spacial score (nSPS) is 12.1. The maximum Gasteiger partial charge on any atom is 0.417 e. The number of carbonyl (C=O) groups is 1. The highest BCUT2D eigenvalue weighted by Crippen LogP contribution is 2.39. The summed E-state index contributed by atoms with van der Waals surface area (Å²) in [6, 6.07) is 7.95. The second kappa shape index (κ2) is 8.99. The molecule has 33 heavy (non-hydrogen) atoms. The average Bonchev–Trinajstić information content (AvgIpc) is 3.02. The molecule has 1 amide bonds. The van der Waals surface area contributed by atoms with Crippen molar-refractivity contribution in [1.29, 1.82) is 0 Å². The van der Waals surface area contributed by atoms with Crippen molar-refractivity contribution in [2.45, 2.75) is 24.5 Å². The molecule has 176 valence electrons. The molecule has 0 fully saturated rings. The van der Waals surface area contributed by atoms with E-state index in [4.69, 9.17) is 0 Å². The van der Waals surface area contributed by atoms with Crippen LogP contribution in [-0.2, 0) is 22.6 Å². The Labute approximate surface area is 187 Å². The molecular weight excluding hydrogens is 464 g/mol. The van der Waals surface area contributed by atoms with Gasteiger partial charge in [0.15, 0.2) is 9.84 Å². The van der Waals surface area contributed by atoms with E-state index in [1.165, 1.54) is 42.0 Å². The van der Waals surface area contributed by atoms with Crippen molar-refractivity contribution in [1.82, 2.24) is 4.57 Å². The molecule has 3 rings (SSSR count). The molecule has 0 spiro atoms. The first-order valence-electron chi connectivity index (χ1n) is 9.62. The second-order valence-corrected chi connectivity index (χ2v) is 9.33. The molecule has 0 aliphatic heterocycles. The number of hydrogen-bond acceptors (Lipinski definition) is 4. The molecule has 11 heteroatoms. The molecule has 2 aromatic carbocycles. The molecule has 0 atom stereocenters. The Bertz CT molecular complexity index is 1310. The van der Waals surface area contributed by atoms with Crippen LogP contribution in [0.15, 0.2) is 53.6 Å². The minimum atomic E-state index is -4.64. The molecule has 0 saturated heterocycles. The quantitative estimate of drug-likeness (QED) is 0.512. The van der Waals surface area contributed by atoms with Gasteiger partial charge in [-0.3, -0.25) is 4.79 Å². The summed E-state index contributed by atoms with van der Waals surface area (Å²) in [7, 11) is -3.80. The summed E-state index contributed by atoms with van der Waals surface area (Å²) in [4.78, 5) is 12.3.